The predicted molar refractivity (Wildman–Crippen MR) is 113 cm³/mol. The Morgan fingerprint density at radius 3 is 2.70 bits per heavy atom. The average Bonchev–Trinajstić information content (AvgIpc) is 3.36. The van der Waals surface area contributed by atoms with E-state index in [1.807, 2.05) is 31.7 Å². The van der Waals surface area contributed by atoms with Crippen LogP contribution in [0.2, 0.25) is 0 Å². The number of nitrogen functional groups attached to an aromatic ring is 1. The van der Waals surface area contributed by atoms with Gasteiger partial charge in [0.05, 0.1) is 23.7 Å². The van der Waals surface area contributed by atoms with Crippen LogP contribution in [0.5, 0.6) is 0 Å². The minimum absolute atomic E-state index is 0.151. The maximum absolute atomic E-state index is 10.3. The number of nitrogens with zero attached hydrogens (tertiary/aromatic N) is 7. The molecular weight excluding hydrogens is 380 g/mol. The number of imidazole rings is 1. The molecule has 154 valence electrons. The summed E-state index contributed by atoms with van der Waals surface area (Å²) in [7, 11) is 1.87. The van der Waals surface area contributed by atoms with Crippen LogP contribution < -0.4 is 10.6 Å². The molecule has 0 aliphatic carbocycles. The molecule has 1 unspecified atom stereocenters. The minimum Gasteiger partial charge on any atom is -0.398 e. The summed E-state index contributed by atoms with van der Waals surface area (Å²) >= 11 is 0. The number of rotatable bonds is 4. The lowest BCUT2D eigenvalue weighted by Gasteiger charge is -2.25. The van der Waals surface area contributed by atoms with Crippen molar-refractivity contribution in [2.75, 3.05) is 23.7 Å². The molecule has 0 amide bonds. The fraction of sp³-hybridized carbons (Fsp3) is 0.381. The smallest absolute Gasteiger partial charge is 0.158 e. The number of aromatic nitrogens is 5. The second-order valence-electron chi connectivity index (χ2n) is 8.14. The first kappa shape index (κ1) is 19.8. The second-order valence-corrected chi connectivity index (χ2v) is 8.14. The normalized spacial score (nSPS) is 16.6. The third-order valence-corrected chi connectivity index (χ3v) is 5.59. The van der Waals surface area contributed by atoms with Crippen molar-refractivity contribution in [3.8, 4) is 29.0 Å². The zero-order chi connectivity index (χ0) is 21.5. The molecule has 9 heteroatoms. The summed E-state index contributed by atoms with van der Waals surface area (Å²) in [4.78, 5) is 20.1. The lowest BCUT2D eigenvalue weighted by atomic mass is 9.90. The summed E-state index contributed by atoms with van der Waals surface area (Å²) < 4.78 is 1.83. The van der Waals surface area contributed by atoms with Gasteiger partial charge in [-0.15, -0.1) is 0 Å². The van der Waals surface area contributed by atoms with Gasteiger partial charge in [-0.2, -0.15) is 5.26 Å². The Hall–Kier alpha value is -3.51. The van der Waals surface area contributed by atoms with Crippen molar-refractivity contribution in [3.05, 3.63) is 36.4 Å². The Balaban J connectivity index is 1.75. The Bertz CT molecular complexity index is 1120. The number of hydrogen-bond acceptors (Lipinski definition) is 8. The highest BCUT2D eigenvalue weighted by molar-refractivity contribution is 5.76. The van der Waals surface area contributed by atoms with Crippen LogP contribution in [0, 0.1) is 17.2 Å². The van der Waals surface area contributed by atoms with Gasteiger partial charge in [-0.05, 0) is 26.3 Å². The zero-order valence-corrected chi connectivity index (χ0v) is 17.2. The largest absolute Gasteiger partial charge is 0.398 e. The zero-order valence-electron chi connectivity index (χ0n) is 17.2. The second kappa shape index (κ2) is 7.39. The molecule has 1 fully saturated rings. The summed E-state index contributed by atoms with van der Waals surface area (Å²) in [6.07, 6.45) is 7.64. The maximum Gasteiger partial charge on any atom is 0.158 e. The molecule has 0 spiro atoms. The van der Waals surface area contributed by atoms with E-state index in [1.165, 1.54) is 0 Å². The highest BCUT2D eigenvalue weighted by atomic mass is 16.3. The number of nitriles is 1. The van der Waals surface area contributed by atoms with Crippen molar-refractivity contribution in [2.45, 2.75) is 25.9 Å². The molecule has 3 aromatic rings. The highest BCUT2D eigenvalue weighted by Gasteiger charge is 2.34. The van der Waals surface area contributed by atoms with Crippen LogP contribution in [-0.4, -0.2) is 48.3 Å². The number of aliphatic hydroxyl groups is 1. The number of anilines is 2. The molecule has 3 aromatic heterocycles. The topological polar surface area (TPSA) is 130 Å². The molecule has 1 aliphatic heterocycles. The van der Waals surface area contributed by atoms with Crippen molar-refractivity contribution in [2.24, 2.45) is 13.0 Å². The van der Waals surface area contributed by atoms with Gasteiger partial charge in [-0.3, -0.25) is 4.98 Å². The van der Waals surface area contributed by atoms with Crippen LogP contribution in [0.4, 0.5) is 11.5 Å². The van der Waals surface area contributed by atoms with E-state index in [0.29, 0.717) is 41.0 Å². The van der Waals surface area contributed by atoms with Gasteiger partial charge in [0.25, 0.3) is 0 Å². The average molecular weight is 404 g/mol. The van der Waals surface area contributed by atoms with E-state index in [-0.39, 0.29) is 11.5 Å². The fourth-order valence-electron chi connectivity index (χ4n) is 3.76. The summed E-state index contributed by atoms with van der Waals surface area (Å²) in [5, 5.41) is 20.0. The van der Waals surface area contributed by atoms with Gasteiger partial charge in [0.15, 0.2) is 5.82 Å². The molecule has 0 saturated carbocycles. The summed E-state index contributed by atoms with van der Waals surface area (Å²) in [5.74, 6) is 1.48. The molecule has 4 heterocycles. The molecule has 0 radical (unpaired) electrons. The van der Waals surface area contributed by atoms with E-state index < -0.39 is 5.60 Å². The van der Waals surface area contributed by atoms with Gasteiger partial charge in [-0.1, -0.05) is 0 Å². The predicted octanol–water partition coefficient (Wildman–Crippen LogP) is 1.99. The SMILES string of the molecule is Cn1ccnc1-c1cc(N)c(C#N)c(-c2cncc(N3CCC(C(C)(C)O)C3)n2)n1. The molecule has 4 rings (SSSR count). The lowest BCUT2D eigenvalue weighted by Crippen LogP contribution is -2.33. The first-order valence-electron chi connectivity index (χ1n) is 9.76. The molecule has 1 aliphatic rings. The van der Waals surface area contributed by atoms with Crippen molar-refractivity contribution >= 4 is 11.5 Å². The first-order valence-corrected chi connectivity index (χ1v) is 9.76. The third kappa shape index (κ3) is 3.57. The number of hydrogen-bond donors (Lipinski definition) is 2. The Morgan fingerprint density at radius 2 is 2.07 bits per heavy atom. The molecule has 0 bridgehead atoms. The van der Waals surface area contributed by atoms with E-state index in [1.54, 1.807) is 24.7 Å². The van der Waals surface area contributed by atoms with Gasteiger partial charge in [-0.25, -0.2) is 15.0 Å². The van der Waals surface area contributed by atoms with Crippen molar-refractivity contribution in [3.63, 3.8) is 0 Å². The number of nitrogens with two attached hydrogens (primary N) is 1. The molecular formula is C21H24N8O. The van der Waals surface area contributed by atoms with Crippen LogP contribution in [0.3, 0.4) is 0 Å². The molecule has 1 atom stereocenters. The molecule has 1 saturated heterocycles. The van der Waals surface area contributed by atoms with Crippen LogP contribution in [-0.2, 0) is 7.05 Å². The first-order chi connectivity index (χ1) is 14.3. The fourth-order valence-corrected chi connectivity index (χ4v) is 3.76. The summed E-state index contributed by atoms with van der Waals surface area (Å²) in [5.41, 5.74) is 7.40. The maximum atomic E-state index is 10.3. The third-order valence-electron chi connectivity index (χ3n) is 5.59. The summed E-state index contributed by atoms with van der Waals surface area (Å²) in [6, 6.07) is 3.79. The van der Waals surface area contributed by atoms with Gasteiger partial charge in [0.1, 0.15) is 34.5 Å². The van der Waals surface area contributed by atoms with Crippen molar-refractivity contribution in [1.29, 1.82) is 5.26 Å². The van der Waals surface area contributed by atoms with Crippen LogP contribution in [0.15, 0.2) is 30.9 Å². The lowest BCUT2D eigenvalue weighted by molar-refractivity contribution is 0.0263. The molecule has 9 nitrogen and oxygen atoms in total. The van der Waals surface area contributed by atoms with E-state index in [2.05, 4.69) is 25.9 Å². The van der Waals surface area contributed by atoms with E-state index >= 15 is 0 Å². The standard InChI is InChI=1S/C21H24N8O/c1-21(2,30)13-4-6-29(12-13)18-11-24-10-17(26-18)19-14(9-22)15(23)8-16(27-19)20-25-5-7-28(20)3/h5,7-8,10-11,13,30H,4,6,12H2,1-3H3,(H2,23,27). The number of pyridine rings is 1. The quantitative estimate of drug-likeness (QED) is 0.675. The molecule has 3 N–H and O–H groups in total. The molecule has 0 aromatic carbocycles. The minimum atomic E-state index is -0.750. The monoisotopic (exact) mass is 404 g/mol. The van der Waals surface area contributed by atoms with Gasteiger partial charge >= 0.3 is 0 Å². The molecule has 30 heavy (non-hydrogen) atoms. The van der Waals surface area contributed by atoms with Gasteiger partial charge in [0.2, 0.25) is 0 Å². The van der Waals surface area contributed by atoms with E-state index in [0.717, 1.165) is 13.0 Å². The van der Waals surface area contributed by atoms with E-state index in [9.17, 15) is 10.4 Å². The van der Waals surface area contributed by atoms with Gasteiger partial charge < -0.3 is 20.3 Å². The highest BCUT2D eigenvalue weighted by Crippen LogP contribution is 2.32. The van der Waals surface area contributed by atoms with Crippen molar-refractivity contribution in [1.82, 2.24) is 24.5 Å². The Morgan fingerprint density at radius 1 is 1.27 bits per heavy atom. The Labute approximate surface area is 174 Å². The summed E-state index contributed by atoms with van der Waals surface area (Å²) in [6.45, 7) is 5.13. The Kier molecular flexibility index (Phi) is 4.87. The van der Waals surface area contributed by atoms with Crippen LogP contribution in [0.25, 0.3) is 22.9 Å². The van der Waals surface area contributed by atoms with E-state index in [4.69, 9.17) is 10.7 Å². The van der Waals surface area contributed by atoms with Gasteiger partial charge in [0, 0.05) is 38.4 Å². The van der Waals surface area contributed by atoms with Crippen molar-refractivity contribution < 1.29 is 5.11 Å². The van der Waals surface area contributed by atoms with Crippen LogP contribution in [0.1, 0.15) is 25.8 Å². The van der Waals surface area contributed by atoms with Crippen LogP contribution >= 0.6 is 0 Å². The number of aryl methyl sites for hydroxylation is 1.